The zero-order valence-electron chi connectivity index (χ0n) is 12.7. The van der Waals surface area contributed by atoms with Crippen LogP contribution in [0.25, 0.3) is 10.1 Å². The number of benzene rings is 1. The summed E-state index contributed by atoms with van der Waals surface area (Å²) in [6.07, 6.45) is 0. The standard InChI is InChI=1S/C16H18ClNO3S/c1-9(2)10(3)18-13(19)8-21-16(20)15-14(17)11-6-4-5-7-12(11)22-15/h4-7,9-10H,8H2,1-3H3,(H,18,19)/t10-/m0/s1. The maximum Gasteiger partial charge on any atom is 0.350 e. The van der Waals surface area contributed by atoms with Gasteiger partial charge in [0.2, 0.25) is 0 Å². The molecule has 22 heavy (non-hydrogen) atoms. The molecule has 0 fully saturated rings. The quantitative estimate of drug-likeness (QED) is 0.841. The second-order valence-corrected chi connectivity index (χ2v) is 6.85. The fourth-order valence-corrected chi connectivity index (χ4v) is 3.21. The number of rotatable bonds is 5. The molecule has 0 aliphatic heterocycles. The van der Waals surface area contributed by atoms with Crippen LogP contribution in [0, 0.1) is 5.92 Å². The zero-order chi connectivity index (χ0) is 16.3. The third-order valence-corrected chi connectivity index (χ3v) is 5.10. The average Bonchev–Trinajstić information content (AvgIpc) is 2.82. The molecule has 1 heterocycles. The number of fused-ring (bicyclic) bond motifs is 1. The van der Waals surface area contributed by atoms with Crippen molar-refractivity contribution in [2.45, 2.75) is 26.8 Å². The Hall–Kier alpha value is -1.59. The van der Waals surface area contributed by atoms with E-state index in [-0.39, 0.29) is 18.6 Å². The van der Waals surface area contributed by atoms with Gasteiger partial charge in [-0.3, -0.25) is 4.79 Å². The average molecular weight is 340 g/mol. The van der Waals surface area contributed by atoms with Crippen molar-refractivity contribution in [3.8, 4) is 0 Å². The Kier molecular flexibility index (Phi) is 5.42. The minimum Gasteiger partial charge on any atom is -0.451 e. The van der Waals surface area contributed by atoms with Gasteiger partial charge in [-0.25, -0.2) is 4.79 Å². The number of amides is 1. The molecule has 4 nitrogen and oxygen atoms in total. The first-order valence-corrected chi connectivity index (χ1v) is 8.23. The summed E-state index contributed by atoms with van der Waals surface area (Å²) in [6, 6.07) is 7.50. The van der Waals surface area contributed by atoms with Crippen molar-refractivity contribution in [2.24, 2.45) is 5.92 Å². The van der Waals surface area contributed by atoms with Crippen molar-refractivity contribution in [3.63, 3.8) is 0 Å². The van der Waals surface area contributed by atoms with Crippen molar-refractivity contribution in [1.29, 1.82) is 0 Å². The van der Waals surface area contributed by atoms with Gasteiger partial charge >= 0.3 is 5.97 Å². The van der Waals surface area contributed by atoms with Crippen LogP contribution in [0.15, 0.2) is 24.3 Å². The van der Waals surface area contributed by atoms with Gasteiger partial charge in [-0.05, 0) is 18.9 Å². The Morgan fingerprint density at radius 1 is 1.27 bits per heavy atom. The Balaban J connectivity index is 2.00. The van der Waals surface area contributed by atoms with Crippen molar-refractivity contribution < 1.29 is 14.3 Å². The molecule has 0 aliphatic carbocycles. The first-order valence-electron chi connectivity index (χ1n) is 7.03. The van der Waals surface area contributed by atoms with Crippen molar-refractivity contribution in [3.05, 3.63) is 34.2 Å². The van der Waals surface area contributed by atoms with Gasteiger partial charge in [0, 0.05) is 16.1 Å². The van der Waals surface area contributed by atoms with E-state index >= 15 is 0 Å². The smallest absolute Gasteiger partial charge is 0.350 e. The molecule has 6 heteroatoms. The van der Waals surface area contributed by atoms with E-state index in [9.17, 15) is 9.59 Å². The third kappa shape index (κ3) is 3.78. The molecule has 0 bridgehead atoms. The van der Waals surface area contributed by atoms with Crippen LogP contribution < -0.4 is 5.32 Å². The molecule has 0 spiro atoms. The van der Waals surface area contributed by atoms with Gasteiger partial charge in [0.25, 0.3) is 5.91 Å². The molecule has 0 unspecified atom stereocenters. The van der Waals surface area contributed by atoms with Crippen LogP contribution >= 0.6 is 22.9 Å². The topological polar surface area (TPSA) is 55.4 Å². The zero-order valence-corrected chi connectivity index (χ0v) is 14.3. The number of carbonyl (C=O) groups is 2. The van der Waals surface area contributed by atoms with Crippen molar-refractivity contribution in [1.82, 2.24) is 5.32 Å². The molecule has 2 aromatic rings. The van der Waals surface area contributed by atoms with Gasteiger partial charge in [-0.1, -0.05) is 43.6 Å². The first kappa shape index (κ1) is 16.8. The molecule has 0 aliphatic rings. The number of hydrogen-bond donors (Lipinski definition) is 1. The lowest BCUT2D eigenvalue weighted by Crippen LogP contribution is -2.38. The molecule has 2 rings (SSSR count). The number of hydrogen-bond acceptors (Lipinski definition) is 4. The summed E-state index contributed by atoms with van der Waals surface area (Å²) in [5, 5.41) is 3.98. The highest BCUT2D eigenvalue weighted by Crippen LogP contribution is 2.35. The van der Waals surface area contributed by atoms with Crippen LogP contribution in [0.1, 0.15) is 30.4 Å². The Labute approximate surface area is 138 Å². The molecule has 1 amide bonds. The van der Waals surface area contributed by atoms with Crippen LogP contribution in [0.2, 0.25) is 5.02 Å². The summed E-state index contributed by atoms with van der Waals surface area (Å²) in [5.74, 6) is -0.568. The molecule has 1 atom stereocenters. The van der Waals surface area contributed by atoms with Gasteiger partial charge < -0.3 is 10.1 Å². The van der Waals surface area contributed by atoms with Crippen molar-refractivity contribution >= 4 is 44.9 Å². The van der Waals surface area contributed by atoms with E-state index in [1.807, 2.05) is 45.0 Å². The predicted octanol–water partition coefficient (Wildman–Crippen LogP) is 3.87. The van der Waals surface area contributed by atoms with E-state index in [1.54, 1.807) is 0 Å². The molecule has 118 valence electrons. The molecule has 1 aromatic heterocycles. The highest BCUT2D eigenvalue weighted by atomic mass is 35.5. The predicted molar refractivity (Wildman–Crippen MR) is 89.6 cm³/mol. The van der Waals surface area contributed by atoms with Gasteiger partial charge in [0.05, 0.1) is 5.02 Å². The summed E-state index contributed by atoms with van der Waals surface area (Å²) in [5.41, 5.74) is 0. The lowest BCUT2D eigenvalue weighted by atomic mass is 10.1. The number of ether oxygens (including phenoxy) is 1. The minimum atomic E-state index is -0.571. The van der Waals surface area contributed by atoms with E-state index < -0.39 is 5.97 Å². The number of esters is 1. The Morgan fingerprint density at radius 2 is 1.95 bits per heavy atom. The minimum absolute atomic E-state index is 0.0270. The van der Waals surface area contributed by atoms with E-state index in [1.165, 1.54) is 11.3 Å². The lowest BCUT2D eigenvalue weighted by molar-refractivity contribution is -0.125. The van der Waals surface area contributed by atoms with Crippen LogP contribution in [0.4, 0.5) is 0 Å². The van der Waals surface area contributed by atoms with E-state index in [4.69, 9.17) is 16.3 Å². The summed E-state index contributed by atoms with van der Waals surface area (Å²) in [7, 11) is 0. The third-order valence-electron chi connectivity index (χ3n) is 3.44. The van der Waals surface area contributed by atoms with Crippen molar-refractivity contribution in [2.75, 3.05) is 6.61 Å². The van der Waals surface area contributed by atoms with Gasteiger partial charge in [0.1, 0.15) is 4.88 Å². The normalized spacial score (nSPS) is 12.4. The van der Waals surface area contributed by atoms with E-state index in [0.29, 0.717) is 15.8 Å². The summed E-state index contributed by atoms with van der Waals surface area (Å²) < 4.78 is 5.97. The highest BCUT2D eigenvalue weighted by Gasteiger charge is 2.19. The van der Waals surface area contributed by atoms with Crippen LogP contribution in [-0.4, -0.2) is 24.5 Å². The van der Waals surface area contributed by atoms with E-state index in [0.717, 1.165) is 10.1 Å². The molecule has 1 aromatic carbocycles. The summed E-state index contributed by atoms with van der Waals surface area (Å²) >= 11 is 7.47. The maximum atomic E-state index is 12.1. The fraction of sp³-hybridized carbons (Fsp3) is 0.375. The monoisotopic (exact) mass is 339 g/mol. The molecular formula is C16H18ClNO3S. The SMILES string of the molecule is CC(C)[C@H](C)NC(=O)COC(=O)c1sc2ccccc2c1Cl. The van der Waals surface area contributed by atoms with Gasteiger partial charge in [-0.15, -0.1) is 11.3 Å². The number of thiophene rings is 1. The molecule has 0 saturated carbocycles. The maximum absolute atomic E-state index is 12.1. The fourth-order valence-electron chi connectivity index (χ4n) is 1.80. The Bertz CT molecular complexity index is 696. The molecule has 0 saturated heterocycles. The number of nitrogens with one attached hydrogen (secondary N) is 1. The second kappa shape index (κ2) is 7.11. The lowest BCUT2D eigenvalue weighted by Gasteiger charge is -2.17. The molecular weight excluding hydrogens is 322 g/mol. The largest absolute Gasteiger partial charge is 0.451 e. The van der Waals surface area contributed by atoms with Gasteiger partial charge in [0.15, 0.2) is 6.61 Å². The summed E-state index contributed by atoms with van der Waals surface area (Å²) in [6.45, 7) is 5.62. The second-order valence-electron chi connectivity index (χ2n) is 5.42. The number of carbonyl (C=O) groups excluding carboxylic acids is 2. The summed E-state index contributed by atoms with van der Waals surface area (Å²) in [4.78, 5) is 24.1. The molecule has 1 N–H and O–H groups in total. The number of halogens is 1. The molecule has 0 radical (unpaired) electrons. The van der Waals surface area contributed by atoms with Crippen LogP contribution in [0.3, 0.4) is 0 Å². The Morgan fingerprint density at radius 3 is 2.59 bits per heavy atom. The first-order chi connectivity index (χ1) is 10.4. The highest BCUT2D eigenvalue weighted by molar-refractivity contribution is 7.21. The van der Waals surface area contributed by atoms with Gasteiger partial charge in [-0.2, -0.15) is 0 Å². The van der Waals surface area contributed by atoms with Crippen LogP contribution in [0.5, 0.6) is 0 Å². The van der Waals surface area contributed by atoms with Crippen LogP contribution in [-0.2, 0) is 9.53 Å². The van der Waals surface area contributed by atoms with E-state index in [2.05, 4.69) is 5.32 Å².